The number of aromatic nitrogens is 3. The molecule has 0 aromatic carbocycles. The SMILES string of the molecule is CCOCCn1ncc2c(OCC)c(C(=O)O)c(C)nc21. The van der Waals surface area contributed by atoms with E-state index in [1.807, 2.05) is 13.8 Å². The summed E-state index contributed by atoms with van der Waals surface area (Å²) in [6.45, 7) is 7.50. The molecule has 2 rings (SSSR count). The highest BCUT2D eigenvalue weighted by molar-refractivity contribution is 5.99. The molecule has 0 aliphatic heterocycles. The molecule has 0 saturated carbocycles. The Morgan fingerprint density at radius 1 is 1.38 bits per heavy atom. The summed E-state index contributed by atoms with van der Waals surface area (Å²) in [7, 11) is 0. The summed E-state index contributed by atoms with van der Waals surface area (Å²) in [6, 6.07) is 0. The van der Waals surface area contributed by atoms with Crippen LogP contribution in [0.15, 0.2) is 6.20 Å². The van der Waals surface area contributed by atoms with Gasteiger partial charge in [-0.1, -0.05) is 0 Å². The Kier molecular flexibility index (Phi) is 4.74. The summed E-state index contributed by atoms with van der Waals surface area (Å²) in [5.41, 5.74) is 1.12. The van der Waals surface area contributed by atoms with Crippen molar-refractivity contribution in [3.05, 3.63) is 17.5 Å². The van der Waals surface area contributed by atoms with Crippen LogP contribution in [0.1, 0.15) is 29.9 Å². The number of nitrogens with zero attached hydrogens (tertiary/aromatic N) is 3. The van der Waals surface area contributed by atoms with E-state index in [1.54, 1.807) is 17.8 Å². The Morgan fingerprint density at radius 3 is 2.76 bits per heavy atom. The van der Waals surface area contributed by atoms with Crippen molar-refractivity contribution in [1.82, 2.24) is 14.8 Å². The van der Waals surface area contributed by atoms with E-state index in [0.29, 0.717) is 48.8 Å². The molecule has 2 aromatic heterocycles. The van der Waals surface area contributed by atoms with Crippen molar-refractivity contribution < 1.29 is 19.4 Å². The maximum absolute atomic E-state index is 11.4. The van der Waals surface area contributed by atoms with Crippen LogP contribution in [0.5, 0.6) is 5.75 Å². The molecule has 0 fully saturated rings. The third-order valence-corrected chi connectivity index (χ3v) is 3.07. The number of hydrogen-bond donors (Lipinski definition) is 1. The number of ether oxygens (including phenoxy) is 2. The van der Waals surface area contributed by atoms with Crippen LogP contribution in [0.3, 0.4) is 0 Å². The highest BCUT2D eigenvalue weighted by Gasteiger charge is 2.22. The van der Waals surface area contributed by atoms with Gasteiger partial charge in [0.1, 0.15) is 11.3 Å². The van der Waals surface area contributed by atoms with Crippen LogP contribution >= 0.6 is 0 Å². The number of carbonyl (C=O) groups is 1. The maximum Gasteiger partial charge on any atom is 0.341 e. The second kappa shape index (κ2) is 6.53. The quantitative estimate of drug-likeness (QED) is 0.784. The number of pyridine rings is 1. The van der Waals surface area contributed by atoms with Gasteiger partial charge < -0.3 is 14.6 Å². The summed E-state index contributed by atoms with van der Waals surface area (Å²) < 4.78 is 12.5. The molecule has 0 unspecified atom stereocenters. The van der Waals surface area contributed by atoms with Crippen LogP contribution in [-0.4, -0.2) is 45.7 Å². The predicted octanol–water partition coefficient (Wildman–Crippen LogP) is 1.87. The number of carboxylic acid groups (broad SMARTS) is 1. The van der Waals surface area contributed by atoms with Crippen LogP contribution in [0.25, 0.3) is 11.0 Å². The molecule has 0 bridgehead atoms. The van der Waals surface area contributed by atoms with E-state index in [2.05, 4.69) is 10.1 Å². The van der Waals surface area contributed by atoms with Gasteiger partial charge in [-0.05, 0) is 20.8 Å². The average Bonchev–Trinajstić information content (AvgIpc) is 2.82. The molecule has 1 N–H and O–H groups in total. The fourth-order valence-electron chi connectivity index (χ4n) is 2.18. The molecule has 0 saturated heterocycles. The largest absolute Gasteiger partial charge is 0.492 e. The molecule has 2 heterocycles. The van der Waals surface area contributed by atoms with E-state index < -0.39 is 5.97 Å². The third-order valence-electron chi connectivity index (χ3n) is 3.07. The lowest BCUT2D eigenvalue weighted by Gasteiger charge is -2.11. The fraction of sp³-hybridized carbons (Fsp3) is 0.500. The van der Waals surface area contributed by atoms with Gasteiger partial charge in [0.05, 0.1) is 37.0 Å². The topological polar surface area (TPSA) is 86.5 Å². The van der Waals surface area contributed by atoms with E-state index in [0.717, 1.165) is 0 Å². The van der Waals surface area contributed by atoms with Crippen molar-refractivity contribution in [2.75, 3.05) is 19.8 Å². The Hall–Kier alpha value is -2.15. The molecule has 0 spiro atoms. The minimum Gasteiger partial charge on any atom is -0.492 e. The summed E-state index contributed by atoms with van der Waals surface area (Å²) >= 11 is 0. The molecule has 21 heavy (non-hydrogen) atoms. The zero-order valence-electron chi connectivity index (χ0n) is 12.4. The Labute approximate surface area is 122 Å². The second-order valence-electron chi connectivity index (χ2n) is 4.44. The summed E-state index contributed by atoms with van der Waals surface area (Å²) in [5.74, 6) is -0.720. The molecule has 7 nitrogen and oxygen atoms in total. The molecule has 7 heteroatoms. The lowest BCUT2D eigenvalue weighted by molar-refractivity contribution is 0.0691. The fourth-order valence-corrected chi connectivity index (χ4v) is 2.18. The van der Waals surface area contributed by atoms with Gasteiger partial charge in [-0.15, -0.1) is 0 Å². The molecule has 114 valence electrons. The normalized spacial score (nSPS) is 11.0. The first kappa shape index (κ1) is 15.2. The standard InChI is InChI=1S/C14H19N3O4/c1-4-20-7-6-17-13-10(8-15-17)12(21-5-2)11(14(18)19)9(3)16-13/h8H,4-7H2,1-3H3,(H,18,19). The first-order valence-electron chi connectivity index (χ1n) is 6.90. The summed E-state index contributed by atoms with van der Waals surface area (Å²) in [4.78, 5) is 15.8. The van der Waals surface area contributed by atoms with Crippen LogP contribution in [0.2, 0.25) is 0 Å². The van der Waals surface area contributed by atoms with Gasteiger partial charge in [-0.2, -0.15) is 5.10 Å². The van der Waals surface area contributed by atoms with Gasteiger partial charge in [0.25, 0.3) is 0 Å². The Balaban J connectivity index is 2.53. The second-order valence-corrected chi connectivity index (χ2v) is 4.44. The number of aryl methyl sites for hydroxylation is 1. The summed E-state index contributed by atoms with van der Waals surface area (Å²) in [6.07, 6.45) is 1.59. The van der Waals surface area contributed by atoms with Crippen molar-refractivity contribution in [2.24, 2.45) is 0 Å². The number of carboxylic acids is 1. The molecule has 0 aliphatic rings. The van der Waals surface area contributed by atoms with E-state index in [-0.39, 0.29) is 5.56 Å². The van der Waals surface area contributed by atoms with Crippen molar-refractivity contribution in [1.29, 1.82) is 0 Å². The van der Waals surface area contributed by atoms with Crippen LogP contribution in [-0.2, 0) is 11.3 Å². The molecule has 0 radical (unpaired) electrons. The van der Waals surface area contributed by atoms with Crippen LogP contribution in [0.4, 0.5) is 0 Å². The smallest absolute Gasteiger partial charge is 0.341 e. The lowest BCUT2D eigenvalue weighted by atomic mass is 10.1. The number of rotatable bonds is 7. The Morgan fingerprint density at radius 2 is 2.14 bits per heavy atom. The Bertz CT molecular complexity index is 651. The molecule has 2 aromatic rings. The number of aromatic carboxylic acids is 1. The van der Waals surface area contributed by atoms with E-state index in [1.165, 1.54) is 0 Å². The van der Waals surface area contributed by atoms with Crippen LogP contribution in [0, 0.1) is 6.92 Å². The zero-order valence-corrected chi connectivity index (χ0v) is 12.4. The van der Waals surface area contributed by atoms with Gasteiger partial charge in [-0.25, -0.2) is 14.5 Å². The molecule has 0 atom stereocenters. The number of fused-ring (bicyclic) bond motifs is 1. The van der Waals surface area contributed by atoms with Gasteiger partial charge in [0.15, 0.2) is 5.65 Å². The van der Waals surface area contributed by atoms with E-state index in [4.69, 9.17) is 9.47 Å². The minimum absolute atomic E-state index is 0.0914. The minimum atomic E-state index is -1.05. The predicted molar refractivity (Wildman–Crippen MR) is 76.9 cm³/mol. The molecular weight excluding hydrogens is 274 g/mol. The van der Waals surface area contributed by atoms with Gasteiger partial charge in [0.2, 0.25) is 0 Å². The van der Waals surface area contributed by atoms with Crippen LogP contribution < -0.4 is 4.74 Å². The van der Waals surface area contributed by atoms with Crippen molar-refractivity contribution in [2.45, 2.75) is 27.3 Å². The van der Waals surface area contributed by atoms with Crippen molar-refractivity contribution in [3.8, 4) is 5.75 Å². The highest BCUT2D eigenvalue weighted by Crippen LogP contribution is 2.30. The molecular formula is C14H19N3O4. The van der Waals surface area contributed by atoms with Gasteiger partial charge in [0, 0.05) is 6.61 Å². The molecule has 0 aliphatic carbocycles. The van der Waals surface area contributed by atoms with Gasteiger partial charge >= 0.3 is 5.97 Å². The van der Waals surface area contributed by atoms with Gasteiger partial charge in [-0.3, -0.25) is 0 Å². The first-order valence-corrected chi connectivity index (χ1v) is 6.90. The van der Waals surface area contributed by atoms with Crippen molar-refractivity contribution in [3.63, 3.8) is 0 Å². The zero-order chi connectivity index (χ0) is 15.4. The highest BCUT2D eigenvalue weighted by atomic mass is 16.5. The van der Waals surface area contributed by atoms with E-state index in [9.17, 15) is 9.90 Å². The summed E-state index contributed by atoms with van der Waals surface area (Å²) in [5, 5.41) is 14.2. The first-order chi connectivity index (χ1) is 10.1. The number of hydrogen-bond acceptors (Lipinski definition) is 5. The molecule has 0 amide bonds. The van der Waals surface area contributed by atoms with Crippen molar-refractivity contribution >= 4 is 17.0 Å². The maximum atomic E-state index is 11.4. The third kappa shape index (κ3) is 2.97. The van der Waals surface area contributed by atoms with E-state index >= 15 is 0 Å². The monoisotopic (exact) mass is 293 g/mol. The lowest BCUT2D eigenvalue weighted by Crippen LogP contribution is -2.11. The average molecular weight is 293 g/mol.